The standard InChI is InChI=1S/C16H22O4/c1-11(20-15(18)16(3,4)5)10-19-14-8-6-13(7-9-14)12(2)17/h6-9,11H,10H2,1-5H3. The Labute approximate surface area is 120 Å². The monoisotopic (exact) mass is 278 g/mol. The first-order valence-corrected chi connectivity index (χ1v) is 6.65. The van der Waals surface area contributed by atoms with E-state index in [1.165, 1.54) is 6.92 Å². The summed E-state index contributed by atoms with van der Waals surface area (Å²) in [4.78, 5) is 22.8. The maximum atomic E-state index is 11.7. The third-order valence-corrected chi connectivity index (χ3v) is 2.67. The molecule has 1 aromatic carbocycles. The lowest BCUT2D eigenvalue weighted by Crippen LogP contribution is -2.29. The summed E-state index contributed by atoms with van der Waals surface area (Å²) >= 11 is 0. The van der Waals surface area contributed by atoms with Gasteiger partial charge in [-0.2, -0.15) is 0 Å². The second-order valence-electron chi connectivity index (χ2n) is 5.86. The molecule has 1 rings (SSSR count). The van der Waals surface area contributed by atoms with Crippen LogP contribution in [0.3, 0.4) is 0 Å². The number of Topliss-reactive ketones (excluding diaryl/α,β-unsaturated/α-hetero) is 1. The molecule has 20 heavy (non-hydrogen) atoms. The number of carbonyl (C=O) groups is 2. The Bertz CT molecular complexity index is 468. The molecular formula is C16H22O4. The van der Waals surface area contributed by atoms with Crippen molar-refractivity contribution in [3.05, 3.63) is 29.8 Å². The quantitative estimate of drug-likeness (QED) is 0.613. The average molecular weight is 278 g/mol. The predicted molar refractivity (Wildman–Crippen MR) is 77.0 cm³/mol. The highest BCUT2D eigenvalue weighted by atomic mass is 16.6. The Morgan fingerprint density at radius 2 is 1.70 bits per heavy atom. The molecular weight excluding hydrogens is 256 g/mol. The van der Waals surface area contributed by atoms with Gasteiger partial charge in [0.25, 0.3) is 0 Å². The molecule has 1 unspecified atom stereocenters. The molecule has 0 aliphatic carbocycles. The molecule has 4 nitrogen and oxygen atoms in total. The zero-order valence-corrected chi connectivity index (χ0v) is 12.7. The Morgan fingerprint density at radius 3 is 2.15 bits per heavy atom. The minimum atomic E-state index is -0.516. The van der Waals surface area contributed by atoms with Gasteiger partial charge in [-0.15, -0.1) is 0 Å². The van der Waals surface area contributed by atoms with E-state index in [4.69, 9.17) is 9.47 Å². The van der Waals surface area contributed by atoms with Crippen LogP contribution in [0.15, 0.2) is 24.3 Å². The number of hydrogen-bond donors (Lipinski definition) is 0. The van der Waals surface area contributed by atoms with Crippen molar-refractivity contribution in [2.45, 2.75) is 40.7 Å². The Kier molecular flexibility index (Phi) is 5.31. The molecule has 0 saturated carbocycles. The van der Waals surface area contributed by atoms with Gasteiger partial charge in [0.1, 0.15) is 18.5 Å². The third kappa shape index (κ3) is 5.03. The van der Waals surface area contributed by atoms with Gasteiger partial charge in [-0.05, 0) is 58.9 Å². The van der Waals surface area contributed by atoms with Crippen LogP contribution in [0.4, 0.5) is 0 Å². The molecule has 0 spiro atoms. The molecule has 0 amide bonds. The van der Waals surface area contributed by atoms with Crippen LogP contribution in [0.2, 0.25) is 0 Å². The average Bonchev–Trinajstić information content (AvgIpc) is 2.35. The number of benzene rings is 1. The molecule has 0 radical (unpaired) electrons. The summed E-state index contributed by atoms with van der Waals surface area (Å²) in [6.45, 7) is 9.01. The Morgan fingerprint density at radius 1 is 1.15 bits per heavy atom. The van der Waals surface area contributed by atoms with E-state index < -0.39 is 5.41 Å². The van der Waals surface area contributed by atoms with E-state index in [-0.39, 0.29) is 24.5 Å². The van der Waals surface area contributed by atoms with Crippen molar-refractivity contribution in [2.24, 2.45) is 5.41 Å². The lowest BCUT2D eigenvalue weighted by molar-refractivity contribution is -0.159. The number of carbonyl (C=O) groups excluding carboxylic acids is 2. The van der Waals surface area contributed by atoms with E-state index >= 15 is 0 Å². The zero-order chi connectivity index (χ0) is 15.3. The van der Waals surface area contributed by atoms with Gasteiger partial charge in [-0.3, -0.25) is 9.59 Å². The molecule has 0 heterocycles. The van der Waals surface area contributed by atoms with Gasteiger partial charge >= 0.3 is 5.97 Å². The third-order valence-electron chi connectivity index (χ3n) is 2.67. The molecule has 110 valence electrons. The van der Waals surface area contributed by atoms with Crippen LogP contribution < -0.4 is 4.74 Å². The first-order chi connectivity index (χ1) is 9.20. The molecule has 0 N–H and O–H groups in total. The van der Waals surface area contributed by atoms with E-state index in [1.807, 2.05) is 20.8 Å². The summed E-state index contributed by atoms with van der Waals surface area (Å²) in [5.74, 6) is 0.415. The van der Waals surface area contributed by atoms with Crippen LogP contribution in [-0.2, 0) is 9.53 Å². The van der Waals surface area contributed by atoms with Crippen molar-refractivity contribution in [3.8, 4) is 5.75 Å². The van der Waals surface area contributed by atoms with Gasteiger partial charge in [0.15, 0.2) is 5.78 Å². The van der Waals surface area contributed by atoms with Crippen LogP contribution in [0.25, 0.3) is 0 Å². The number of ether oxygens (including phenoxy) is 2. The van der Waals surface area contributed by atoms with Crippen molar-refractivity contribution in [2.75, 3.05) is 6.61 Å². The van der Waals surface area contributed by atoms with E-state index in [0.29, 0.717) is 11.3 Å². The molecule has 1 aromatic rings. The fraction of sp³-hybridized carbons (Fsp3) is 0.500. The number of esters is 1. The Balaban J connectivity index is 2.47. The van der Waals surface area contributed by atoms with E-state index in [1.54, 1.807) is 31.2 Å². The number of hydrogen-bond acceptors (Lipinski definition) is 4. The van der Waals surface area contributed by atoms with E-state index in [2.05, 4.69) is 0 Å². The summed E-state index contributed by atoms with van der Waals surface area (Å²) in [7, 11) is 0. The second-order valence-corrected chi connectivity index (χ2v) is 5.86. The van der Waals surface area contributed by atoms with Gasteiger partial charge in [0, 0.05) is 5.56 Å². The smallest absolute Gasteiger partial charge is 0.311 e. The normalized spacial score (nSPS) is 12.7. The topological polar surface area (TPSA) is 52.6 Å². The lowest BCUT2D eigenvalue weighted by Gasteiger charge is -2.21. The molecule has 0 aromatic heterocycles. The van der Waals surface area contributed by atoms with Crippen LogP contribution in [0, 0.1) is 5.41 Å². The molecule has 0 aliphatic rings. The van der Waals surface area contributed by atoms with Crippen LogP contribution in [0.5, 0.6) is 5.75 Å². The first-order valence-electron chi connectivity index (χ1n) is 6.65. The molecule has 4 heteroatoms. The van der Waals surface area contributed by atoms with Crippen LogP contribution in [-0.4, -0.2) is 24.5 Å². The summed E-state index contributed by atoms with van der Waals surface area (Å²) in [5, 5.41) is 0. The van der Waals surface area contributed by atoms with Crippen LogP contribution in [0.1, 0.15) is 45.0 Å². The molecule has 0 bridgehead atoms. The number of rotatable bonds is 5. The van der Waals surface area contributed by atoms with Crippen molar-refractivity contribution >= 4 is 11.8 Å². The van der Waals surface area contributed by atoms with Gasteiger partial charge in [0.2, 0.25) is 0 Å². The summed E-state index contributed by atoms with van der Waals surface area (Å²) in [6, 6.07) is 6.89. The maximum absolute atomic E-state index is 11.7. The molecule has 0 saturated heterocycles. The van der Waals surface area contributed by atoms with Gasteiger partial charge in [-0.1, -0.05) is 0 Å². The highest BCUT2D eigenvalue weighted by Gasteiger charge is 2.25. The van der Waals surface area contributed by atoms with E-state index in [0.717, 1.165) is 0 Å². The predicted octanol–water partition coefficient (Wildman–Crippen LogP) is 3.25. The SMILES string of the molecule is CC(=O)c1ccc(OCC(C)OC(=O)C(C)(C)C)cc1. The maximum Gasteiger partial charge on any atom is 0.311 e. The molecule has 0 fully saturated rings. The highest BCUT2D eigenvalue weighted by Crippen LogP contribution is 2.17. The first kappa shape index (κ1) is 16.2. The second kappa shape index (κ2) is 6.55. The van der Waals surface area contributed by atoms with Crippen LogP contribution >= 0.6 is 0 Å². The minimum Gasteiger partial charge on any atom is -0.490 e. The van der Waals surface area contributed by atoms with Crippen molar-refractivity contribution in [3.63, 3.8) is 0 Å². The molecule has 1 atom stereocenters. The minimum absolute atomic E-state index is 0.0176. The summed E-state index contributed by atoms with van der Waals surface area (Å²) in [6.07, 6.45) is -0.325. The zero-order valence-electron chi connectivity index (χ0n) is 12.7. The molecule has 0 aliphatic heterocycles. The largest absolute Gasteiger partial charge is 0.490 e. The number of ketones is 1. The summed E-state index contributed by atoms with van der Waals surface area (Å²) in [5.41, 5.74) is 0.127. The Hall–Kier alpha value is -1.84. The van der Waals surface area contributed by atoms with Crippen molar-refractivity contribution in [1.82, 2.24) is 0 Å². The van der Waals surface area contributed by atoms with Gasteiger partial charge in [-0.25, -0.2) is 0 Å². The van der Waals surface area contributed by atoms with Gasteiger partial charge in [0.05, 0.1) is 5.41 Å². The van der Waals surface area contributed by atoms with Gasteiger partial charge < -0.3 is 9.47 Å². The van der Waals surface area contributed by atoms with E-state index in [9.17, 15) is 9.59 Å². The fourth-order valence-corrected chi connectivity index (χ4v) is 1.39. The van der Waals surface area contributed by atoms with Crippen molar-refractivity contribution in [1.29, 1.82) is 0 Å². The lowest BCUT2D eigenvalue weighted by atomic mass is 9.97. The fourth-order valence-electron chi connectivity index (χ4n) is 1.39. The highest BCUT2D eigenvalue weighted by molar-refractivity contribution is 5.94. The summed E-state index contributed by atoms with van der Waals surface area (Å²) < 4.78 is 10.8. The van der Waals surface area contributed by atoms with Crippen molar-refractivity contribution < 1.29 is 19.1 Å².